The number of carbonyl (C=O) groups excluding carboxylic acids is 1. The Bertz CT molecular complexity index is 1270. The summed E-state index contributed by atoms with van der Waals surface area (Å²) in [6, 6.07) is 5.77. The van der Waals surface area contributed by atoms with Crippen molar-refractivity contribution in [1.82, 2.24) is 20.3 Å². The van der Waals surface area contributed by atoms with Crippen LogP contribution in [0.3, 0.4) is 0 Å². The van der Waals surface area contributed by atoms with Gasteiger partial charge in [-0.15, -0.1) is 0 Å². The lowest BCUT2D eigenvalue weighted by Crippen LogP contribution is -2.43. The molecule has 200 valence electrons. The normalized spacial score (nSPS) is 15.1. The number of amides is 1. The van der Waals surface area contributed by atoms with Crippen LogP contribution in [0, 0.1) is 0 Å². The Labute approximate surface area is 214 Å². The Hall–Kier alpha value is -4.20. The van der Waals surface area contributed by atoms with Gasteiger partial charge in [0.25, 0.3) is 5.91 Å². The van der Waals surface area contributed by atoms with Crippen molar-refractivity contribution in [3.63, 3.8) is 0 Å². The van der Waals surface area contributed by atoms with Crippen molar-refractivity contribution in [2.24, 2.45) is 0 Å². The molecule has 3 aromatic rings. The first-order chi connectivity index (χ1) is 18.4. The summed E-state index contributed by atoms with van der Waals surface area (Å²) in [6.45, 7) is -2.83. The highest BCUT2D eigenvalue weighted by Gasteiger charge is 2.27. The molecule has 1 amide bonds. The third-order valence-electron chi connectivity index (χ3n) is 6.08. The smallest absolute Gasteiger partial charge is 0.387 e. The zero-order chi connectivity index (χ0) is 26.6. The molecule has 0 unspecified atom stereocenters. The third-order valence-corrected chi connectivity index (χ3v) is 6.08. The molecule has 0 aliphatic carbocycles. The summed E-state index contributed by atoms with van der Waals surface area (Å²) in [5.74, 6) is -1.25. The van der Waals surface area contributed by atoms with Crippen molar-refractivity contribution in [3.05, 3.63) is 59.7 Å². The zero-order valence-corrected chi connectivity index (χ0v) is 19.9. The molecule has 0 saturated carbocycles. The molecule has 0 bridgehead atoms. The van der Waals surface area contributed by atoms with Gasteiger partial charge in [-0.1, -0.05) is 0 Å². The molecule has 38 heavy (non-hydrogen) atoms. The summed E-state index contributed by atoms with van der Waals surface area (Å²) in [4.78, 5) is 29.6. The summed E-state index contributed by atoms with van der Waals surface area (Å²) < 4.78 is 59.9. The van der Waals surface area contributed by atoms with Crippen molar-refractivity contribution in [2.45, 2.75) is 26.3 Å². The number of nitrogens with zero attached hydrogens (tertiary/aromatic N) is 5. The number of benzene rings is 1. The highest BCUT2D eigenvalue weighted by molar-refractivity contribution is 6.04. The number of pyridine rings is 1. The Morgan fingerprint density at radius 1 is 0.947 bits per heavy atom. The molecule has 0 spiro atoms. The lowest BCUT2D eigenvalue weighted by atomic mass is 10.1. The number of halogens is 4. The largest absolute Gasteiger partial charge is 0.431 e. The molecule has 1 saturated heterocycles. The van der Waals surface area contributed by atoms with E-state index in [2.05, 4.69) is 40.0 Å². The Balaban J connectivity index is 1.33. The van der Waals surface area contributed by atoms with Crippen LogP contribution in [0.1, 0.15) is 21.6 Å². The predicted octanol–water partition coefficient (Wildman–Crippen LogP) is 3.26. The number of carbonyl (C=O) groups is 1. The SMILES string of the molecule is O=C(Nc1cnccc1N1CCNCC1)c1ccnc(N2Cc3cc(OC(F)F)c(OC(F)F)cc3C2)n1. The first kappa shape index (κ1) is 25.4. The van der Waals surface area contributed by atoms with Crippen LogP contribution in [0.15, 0.2) is 42.9 Å². The molecule has 10 nitrogen and oxygen atoms in total. The highest BCUT2D eigenvalue weighted by Crippen LogP contribution is 2.38. The number of hydrogen-bond donors (Lipinski definition) is 2. The second-order valence-electron chi connectivity index (χ2n) is 8.51. The van der Waals surface area contributed by atoms with Gasteiger partial charge in [0.15, 0.2) is 11.5 Å². The minimum absolute atomic E-state index is 0.101. The van der Waals surface area contributed by atoms with E-state index in [4.69, 9.17) is 0 Å². The number of fused-ring (bicyclic) bond motifs is 1. The summed E-state index contributed by atoms with van der Waals surface area (Å²) in [7, 11) is 0. The minimum atomic E-state index is -3.21. The van der Waals surface area contributed by atoms with Crippen LogP contribution in [0.2, 0.25) is 0 Å². The second kappa shape index (κ2) is 11.0. The van der Waals surface area contributed by atoms with Crippen LogP contribution < -0.4 is 29.9 Å². The van der Waals surface area contributed by atoms with Crippen LogP contribution in [-0.2, 0) is 13.1 Å². The average molecular weight is 533 g/mol. The fraction of sp³-hybridized carbons (Fsp3) is 0.333. The van der Waals surface area contributed by atoms with Gasteiger partial charge in [-0.25, -0.2) is 9.97 Å². The monoisotopic (exact) mass is 533 g/mol. The molecular formula is C24H23F4N7O3. The predicted molar refractivity (Wildman–Crippen MR) is 129 cm³/mol. The van der Waals surface area contributed by atoms with Crippen LogP contribution in [0.4, 0.5) is 34.9 Å². The first-order valence-electron chi connectivity index (χ1n) is 11.7. The van der Waals surface area contributed by atoms with Crippen molar-refractivity contribution in [3.8, 4) is 11.5 Å². The fourth-order valence-corrected chi connectivity index (χ4v) is 4.40. The molecule has 4 heterocycles. The summed E-state index contributed by atoms with van der Waals surface area (Å²) in [5, 5.41) is 6.15. The van der Waals surface area contributed by atoms with Crippen molar-refractivity contribution in [1.29, 1.82) is 0 Å². The van der Waals surface area contributed by atoms with Gasteiger partial charge in [0.2, 0.25) is 5.95 Å². The lowest BCUT2D eigenvalue weighted by Gasteiger charge is -2.30. The number of hydrogen-bond acceptors (Lipinski definition) is 9. The molecule has 14 heteroatoms. The molecule has 2 N–H and O–H groups in total. The third kappa shape index (κ3) is 5.69. The first-order valence-corrected chi connectivity index (χ1v) is 11.7. The molecule has 2 aromatic heterocycles. The Morgan fingerprint density at radius 3 is 2.24 bits per heavy atom. The highest BCUT2D eigenvalue weighted by atomic mass is 19.3. The number of ether oxygens (including phenoxy) is 2. The van der Waals surface area contributed by atoms with E-state index in [-0.39, 0.29) is 24.7 Å². The van der Waals surface area contributed by atoms with Crippen LogP contribution in [0.25, 0.3) is 0 Å². The number of piperazine rings is 1. The van der Waals surface area contributed by atoms with Gasteiger partial charge in [0.1, 0.15) is 5.69 Å². The summed E-state index contributed by atoms with van der Waals surface area (Å²) >= 11 is 0. The average Bonchev–Trinajstić information content (AvgIpc) is 3.32. The number of anilines is 3. The van der Waals surface area contributed by atoms with Crippen molar-refractivity contribution in [2.75, 3.05) is 41.3 Å². The van der Waals surface area contributed by atoms with Gasteiger partial charge in [-0.2, -0.15) is 17.6 Å². The molecule has 2 aliphatic heterocycles. The number of aromatic nitrogens is 3. The number of alkyl halides is 4. The number of nitrogens with one attached hydrogen (secondary N) is 2. The van der Waals surface area contributed by atoms with E-state index in [0.29, 0.717) is 16.8 Å². The summed E-state index contributed by atoms with van der Waals surface area (Å²) in [5.41, 5.74) is 2.60. The van der Waals surface area contributed by atoms with E-state index in [1.165, 1.54) is 24.4 Å². The molecule has 5 rings (SSSR count). The number of rotatable bonds is 8. The van der Waals surface area contributed by atoms with E-state index in [0.717, 1.165) is 31.9 Å². The minimum Gasteiger partial charge on any atom is -0.431 e. The molecule has 2 aliphatic rings. The maximum Gasteiger partial charge on any atom is 0.387 e. The lowest BCUT2D eigenvalue weighted by molar-refractivity contribution is -0.0692. The van der Waals surface area contributed by atoms with Gasteiger partial charge in [0.05, 0.1) is 17.6 Å². The fourth-order valence-electron chi connectivity index (χ4n) is 4.40. The van der Waals surface area contributed by atoms with E-state index in [1.807, 2.05) is 6.07 Å². The Kier molecular flexibility index (Phi) is 7.40. The molecule has 0 radical (unpaired) electrons. The van der Waals surface area contributed by atoms with Gasteiger partial charge in [-0.3, -0.25) is 9.78 Å². The van der Waals surface area contributed by atoms with Crippen LogP contribution in [0.5, 0.6) is 11.5 Å². The molecule has 1 aromatic carbocycles. The van der Waals surface area contributed by atoms with Crippen LogP contribution in [-0.4, -0.2) is 60.3 Å². The van der Waals surface area contributed by atoms with Crippen LogP contribution >= 0.6 is 0 Å². The topological polar surface area (TPSA) is 105 Å². The zero-order valence-electron chi connectivity index (χ0n) is 19.9. The van der Waals surface area contributed by atoms with Gasteiger partial charge in [-0.05, 0) is 35.4 Å². The maximum atomic E-state index is 13.1. The molecule has 1 fully saturated rings. The van der Waals surface area contributed by atoms with Crippen molar-refractivity contribution < 1.29 is 31.8 Å². The standard InChI is InChI=1S/C24H23F4N7O3/c25-22(26)37-19-9-14-12-35(13-15(14)10-20(19)38-23(27)28)24-31-4-1-16(33-24)21(36)32-17-11-30-3-2-18(17)34-7-5-29-6-8-34/h1-4,9-11,22-23,29H,5-8,12-13H2,(H,32,36). The summed E-state index contributed by atoms with van der Waals surface area (Å²) in [6.07, 6.45) is 4.67. The molecular weight excluding hydrogens is 510 g/mol. The quantitative estimate of drug-likeness (QED) is 0.422. The van der Waals surface area contributed by atoms with Gasteiger partial charge < -0.3 is 29.9 Å². The van der Waals surface area contributed by atoms with Gasteiger partial charge >= 0.3 is 13.2 Å². The van der Waals surface area contributed by atoms with E-state index in [9.17, 15) is 22.4 Å². The van der Waals surface area contributed by atoms with Crippen molar-refractivity contribution >= 4 is 23.2 Å². The van der Waals surface area contributed by atoms with E-state index >= 15 is 0 Å². The Morgan fingerprint density at radius 2 is 1.61 bits per heavy atom. The maximum absolute atomic E-state index is 13.1. The van der Waals surface area contributed by atoms with E-state index < -0.39 is 30.6 Å². The van der Waals surface area contributed by atoms with E-state index in [1.54, 1.807) is 17.3 Å². The molecule has 0 atom stereocenters. The van der Waals surface area contributed by atoms with Gasteiger partial charge in [0, 0.05) is 51.7 Å². The second-order valence-corrected chi connectivity index (χ2v) is 8.51.